The van der Waals surface area contributed by atoms with Crippen LogP contribution in [0.15, 0.2) is 35.7 Å². The van der Waals surface area contributed by atoms with E-state index >= 15 is 0 Å². The van der Waals surface area contributed by atoms with Gasteiger partial charge in [0.25, 0.3) is 5.91 Å². The smallest absolute Gasteiger partial charge is 0.256 e. The Bertz CT molecular complexity index is 578. The maximum Gasteiger partial charge on any atom is 0.256 e. The van der Waals surface area contributed by atoms with Crippen LogP contribution in [0.5, 0.6) is 0 Å². The van der Waals surface area contributed by atoms with E-state index in [1.807, 2.05) is 50.5 Å². The SMILES string of the molecule is Cc1cccc(C(=O)N(C)C(C)c2cccs2)c1N. The average molecular weight is 274 g/mol. The number of para-hydroxylation sites is 1. The molecule has 1 aromatic carbocycles. The zero-order valence-corrected chi connectivity index (χ0v) is 12.2. The molecule has 1 unspecified atom stereocenters. The summed E-state index contributed by atoms with van der Waals surface area (Å²) in [5.74, 6) is -0.0397. The standard InChI is InChI=1S/C15H18N2OS/c1-10-6-4-7-12(14(10)16)15(18)17(3)11(2)13-8-5-9-19-13/h4-9,11H,16H2,1-3H3. The van der Waals surface area contributed by atoms with E-state index in [0.717, 1.165) is 5.56 Å². The minimum atomic E-state index is -0.0397. The van der Waals surface area contributed by atoms with Gasteiger partial charge in [0, 0.05) is 17.6 Å². The molecule has 19 heavy (non-hydrogen) atoms. The van der Waals surface area contributed by atoms with Gasteiger partial charge in [-0.25, -0.2) is 0 Å². The first-order valence-corrected chi connectivity index (χ1v) is 7.06. The lowest BCUT2D eigenvalue weighted by Gasteiger charge is -2.25. The number of rotatable bonds is 3. The number of aryl methyl sites for hydroxylation is 1. The van der Waals surface area contributed by atoms with Crippen molar-refractivity contribution in [3.8, 4) is 0 Å². The largest absolute Gasteiger partial charge is 0.398 e. The normalized spacial score (nSPS) is 12.2. The predicted molar refractivity (Wildman–Crippen MR) is 80.4 cm³/mol. The first kappa shape index (κ1) is 13.6. The van der Waals surface area contributed by atoms with E-state index in [9.17, 15) is 4.79 Å². The highest BCUT2D eigenvalue weighted by Gasteiger charge is 2.21. The molecular weight excluding hydrogens is 256 g/mol. The van der Waals surface area contributed by atoms with Gasteiger partial charge in [-0.1, -0.05) is 18.2 Å². The van der Waals surface area contributed by atoms with Crippen molar-refractivity contribution < 1.29 is 4.79 Å². The lowest BCUT2D eigenvalue weighted by Crippen LogP contribution is -2.30. The quantitative estimate of drug-likeness (QED) is 0.871. The van der Waals surface area contributed by atoms with E-state index in [2.05, 4.69) is 0 Å². The van der Waals surface area contributed by atoms with Crippen molar-refractivity contribution in [1.29, 1.82) is 0 Å². The Labute approximate surface area is 117 Å². The molecule has 0 aliphatic carbocycles. The van der Waals surface area contributed by atoms with Crippen LogP contribution < -0.4 is 5.73 Å². The number of hydrogen-bond donors (Lipinski definition) is 1. The van der Waals surface area contributed by atoms with Gasteiger partial charge in [0.1, 0.15) is 0 Å². The molecule has 0 saturated carbocycles. The number of carbonyl (C=O) groups excluding carboxylic acids is 1. The van der Waals surface area contributed by atoms with Crippen LogP contribution in [0, 0.1) is 6.92 Å². The summed E-state index contributed by atoms with van der Waals surface area (Å²) in [6.07, 6.45) is 0. The van der Waals surface area contributed by atoms with Crippen LogP contribution in [-0.4, -0.2) is 17.9 Å². The number of nitrogens with zero attached hydrogens (tertiary/aromatic N) is 1. The summed E-state index contributed by atoms with van der Waals surface area (Å²) < 4.78 is 0. The number of hydrogen-bond acceptors (Lipinski definition) is 3. The molecular formula is C15H18N2OS. The summed E-state index contributed by atoms with van der Waals surface area (Å²) in [5.41, 5.74) is 8.07. The third-order valence-corrected chi connectivity index (χ3v) is 4.45. The fourth-order valence-corrected chi connectivity index (χ4v) is 2.78. The molecule has 0 aliphatic rings. The fourth-order valence-electron chi connectivity index (χ4n) is 1.95. The molecule has 0 bridgehead atoms. The van der Waals surface area contributed by atoms with Crippen LogP contribution in [0.3, 0.4) is 0 Å². The van der Waals surface area contributed by atoms with Crippen LogP contribution in [0.25, 0.3) is 0 Å². The van der Waals surface area contributed by atoms with Crippen LogP contribution in [0.2, 0.25) is 0 Å². The Morgan fingerprint density at radius 3 is 2.68 bits per heavy atom. The van der Waals surface area contributed by atoms with E-state index in [1.54, 1.807) is 22.3 Å². The van der Waals surface area contributed by atoms with Gasteiger partial charge < -0.3 is 10.6 Å². The van der Waals surface area contributed by atoms with Crippen LogP contribution >= 0.6 is 11.3 Å². The van der Waals surface area contributed by atoms with Crippen molar-refractivity contribution in [2.45, 2.75) is 19.9 Å². The maximum atomic E-state index is 12.5. The highest BCUT2D eigenvalue weighted by molar-refractivity contribution is 7.10. The van der Waals surface area contributed by atoms with E-state index in [0.29, 0.717) is 11.3 Å². The summed E-state index contributed by atoms with van der Waals surface area (Å²) in [4.78, 5) is 15.4. The van der Waals surface area contributed by atoms with Crippen LogP contribution in [0.1, 0.15) is 33.8 Å². The lowest BCUT2D eigenvalue weighted by atomic mass is 10.1. The predicted octanol–water partition coefficient (Wildman–Crippen LogP) is 3.47. The molecule has 4 heteroatoms. The second kappa shape index (κ2) is 5.45. The maximum absolute atomic E-state index is 12.5. The molecule has 2 N–H and O–H groups in total. The summed E-state index contributed by atoms with van der Waals surface area (Å²) in [5, 5.41) is 2.02. The monoisotopic (exact) mass is 274 g/mol. The molecule has 1 amide bonds. The minimum absolute atomic E-state index is 0.0397. The van der Waals surface area contributed by atoms with E-state index in [4.69, 9.17) is 5.73 Å². The van der Waals surface area contributed by atoms with Crippen molar-refractivity contribution in [1.82, 2.24) is 4.90 Å². The second-order valence-corrected chi connectivity index (χ2v) is 5.62. The zero-order chi connectivity index (χ0) is 14.0. The number of carbonyl (C=O) groups is 1. The van der Waals surface area contributed by atoms with E-state index < -0.39 is 0 Å². The Morgan fingerprint density at radius 1 is 1.32 bits per heavy atom. The number of amides is 1. The van der Waals surface area contributed by atoms with Gasteiger partial charge in [0.2, 0.25) is 0 Å². The fraction of sp³-hybridized carbons (Fsp3) is 0.267. The molecule has 2 rings (SSSR count). The van der Waals surface area contributed by atoms with Gasteiger partial charge >= 0.3 is 0 Å². The summed E-state index contributed by atoms with van der Waals surface area (Å²) in [7, 11) is 1.81. The van der Waals surface area contributed by atoms with Crippen molar-refractivity contribution in [3.63, 3.8) is 0 Å². The Hall–Kier alpha value is -1.81. The summed E-state index contributed by atoms with van der Waals surface area (Å²) in [6.45, 7) is 3.94. The Morgan fingerprint density at radius 2 is 2.05 bits per heavy atom. The van der Waals surface area contributed by atoms with Crippen molar-refractivity contribution >= 4 is 22.9 Å². The highest BCUT2D eigenvalue weighted by Crippen LogP contribution is 2.26. The van der Waals surface area contributed by atoms with Gasteiger partial charge in [0.15, 0.2) is 0 Å². The number of thiophene rings is 1. The molecule has 1 heterocycles. The molecule has 0 fully saturated rings. The third kappa shape index (κ3) is 2.63. The van der Waals surface area contributed by atoms with E-state index in [1.165, 1.54) is 4.88 Å². The molecule has 3 nitrogen and oxygen atoms in total. The molecule has 0 aliphatic heterocycles. The molecule has 1 atom stereocenters. The first-order chi connectivity index (χ1) is 9.02. The molecule has 1 aromatic heterocycles. The second-order valence-electron chi connectivity index (χ2n) is 4.64. The molecule has 2 aromatic rings. The van der Waals surface area contributed by atoms with Gasteiger partial charge in [-0.2, -0.15) is 0 Å². The summed E-state index contributed by atoms with van der Waals surface area (Å²) in [6, 6.07) is 9.64. The number of benzene rings is 1. The summed E-state index contributed by atoms with van der Waals surface area (Å²) >= 11 is 1.65. The van der Waals surface area contributed by atoms with Crippen LogP contribution in [0.4, 0.5) is 5.69 Å². The molecule has 0 saturated heterocycles. The third-order valence-electron chi connectivity index (χ3n) is 3.41. The molecule has 0 spiro atoms. The minimum Gasteiger partial charge on any atom is -0.398 e. The van der Waals surface area contributed by atoms with Gasteiger partial charge in [-0.3, -0.25) is 4.79 Å². The van der Waals surface area contributed by atoms with Crippen molar-refractivity contribution in [2.24, 2.45) is 0 Å². The first-order valence-electron chi connectivity index (χ1n) is 6.18. The average Bonchev–Trinajstić information content (AvgIpc) is 2.93. The Balaban J connectivity index is 2.26. The van der Waals surface area contributed by atoms with E-state index in [-0.39, 0.29) is 11.9 Å². The topological polar surface area (TPSA) is 46.3 Å². The Kier molecular flexibility index (Phi) is 3.90. The molecule has 100 valence electrons. The molecule has 0 radical (unpaired) electrons. The van der Waals surface area contributed by atoms with Crippen LogP contribution in [-0.2, 0) is 0 Å². The zero-order valence-electron chi connectivity index (χ0n) is 11.4. The number of nitrogen functional groups attached to an aromatic ring is 1. The lowest BCUT2D eigenvalue weighted by molar-refractivity contribution is 0.0746. The van der Waals surface area contributed by atoms with Crippen molar-refractivity contribution in [3.05, 3.63) is 51.7 Å². The van der Waals surface area contributed by atoms with Crippen molar-refractivity contribution in [2.75, 3.05) is 12.8 Å². The number of nitrogens with two attached hydrogens (primary N) is 1. The highest BCUT2D eigenvalue weighted by atomic mass is 32.1. The van der Waals surface area contributed by atoms with Gasteiger partial charge in [0.05, 0.1) is 11.6 Å². The van der Waals surface area contributed by atoms with Gasteiger partial charge in [-0.15, -0.1) is 11.3 Å². The van der Waals surface area contributed by atoms with Gasteiger partial charge in [-0.05, 0) is 36.9 Å². The number of anilines is 1.